The smallest absolute Gasteiger partial charge is 0.274 e. The van der Waals surface area contributed by atoms with Gasteiger partial charge in [-0.3, -0.25) is 9.59 Å². The van der Waals surface area contributed by atoms with Crippen LogP contribution in [0.5, 0.6) is 11.5 Å². The molecule has 1 N–H and O–H groups in total. The van der Waals surface area contributed by atoms with E-state index in [1.807, 2.05) is 79.7 Å². The second kappa shape index (κ2) is 15.7. The second-order valence-electron chi connectivity index (χ2n) is 11.5. The van der Waals surface area contributed by atoms with Crippen LogP contribution in [0.2, 0.25) is 0 Å². The number of carbonyl (C=O) groups excluding carboxylic acids is 2. The average Bonchev–Trinajstić information content (AvgIpc) is 3.59. The highest BCUT2D eigenvalue weighted by Crippen LogP contribution is 2.43. The Balaban J connectivity index is 1.49. The Morgan fingerprint density at radius 2 is 1.41 bits per heavy atom. The van der Waals surface area contributed by atoms with Crippen molar-refractivity contribution in [1.82, 2.24) is 10.5 Å². The van der Waals surface area contributed by atoms with Crippen LogP contribution in [-0.4, -0.2) is 23.9 Å². The molecule has 0 unspecified atom stereocenters. The summed E-state index contributed by atoms with van der Waals surface area (Å²) in [5.74, 6) is 0.749. The Bertz CT molecular complexity index is 2010. The van der Waals surface area contributed by atoms with Gasteiger partial charge in [0.2, 0.25) is 0 Å². The minimum absolute atomic E-state index is 0.113. The number of hydrogen-bond donors (Lipinski definition) is 1. The highest BCUT2D eigenvalue weighted by atomic mass is 19.1. The van der Waals surface area contributed by atoms with Crippen molar-refractivity contribution in [3.05, 3.63) is 161 Å². The number of aryl methyl sites for hydroxylation is 2. The molecule has 1 amide bonds. The van der Waals surface area contributed by atoms with E-state index in [1.165, 1.54) is 12.1 Å². The molecule has 0 saturated carbocycles. The number of hydrogen-bond acceptors (Lipinski definition) is 6. The number of halogens is 1. The molecule has 246 valence electrons. The molecule has 0 fully saturated rings. The molecule has 7 nitrogen and oxygen atoms in total. The molecule has 0 aliphatic rings. The van der Waals surface area contributed by atoms with Gasteiger partial charge >= 0.3 is 0 Å². The summed E-state index contributed by atoms with van der Waals surface area (Å²) in [6, 6.07) is 36.8. The van der Waals surface area contributed by atoms with Crippen LogP contribution in [0.25, 0.3) is 22.5 Å². The lowest BCUT2D eigenvalue weighted by Crippen LogP contribution is -2.23. The third kappa shape index (κ3) is 8.11. The number of benzene rings is 5. The van der Waals surface area contributed by atoms with Gasteiger partial charge < -0.3 is 19.3 Å². The molecule has 49 heavy (non-hydrogen) atoms. The van der Waals surface area contributed by atoms with Gasteiger partial charge in [-0.1, -0.05) is 102 Å². The van der Waals surface area contributed by atoms with E-state index in [-0.39, 0.29) is 18.1 Å². The molecule has 0 bridgehead atoms. The zero-order valence-corrected chi connectivity index (χ0v) is 27.0. The lowest BCUT2D eigenvalue weighted by atomic mass is 9.95. The van der Waals surface area contributed by atoms with Crippen LogP contribution in [0.3, 0.4) is 0 Å². The molecular formula is C41H35FN2O5. The van der Waals surface area contributed by atoms with E-state index in [4.69, 9.17) is 14.0 Å². The van der Waals surface area contributed by atoms with E-state index < -0.39 is 5.91 Å². The number of aldehydes is 1. The van der Waals surface area contributed by atoms with Crippen molar-refractivity contribution in [2.24, 2.45) is 0 Å². The van der Waals surface area contributed by atoms with E-state index >= 15 is 0 Å². The summed E-state index contributed by atoms with van der Waals surface area (Å²) in [7, 11) is 0. The molecule has 1 aromatic heterocycles. The SMILES string of the molecule is CCNC(=O)c1noc(-c2cc(CCc3ccc(F)cc3)c(OCc3ccccc3)cc2OCc2ccccc2)c1-c1ccc(C=O)cc1. The Kier molecular flexibility index (Phi) is 10.6. The lowest BCUT2D eigenvalue weighted by molar-refractivity contribution is 0.0947. The molecular weight excluding hydrogens is 619 g/mol. The lowest BCUT2D eigenvalue weighted by Gasteiger charge is -2.18. The van der Waals surface area contributed by atoms with Crippen LogP contribution in [0.15, 0.2) is 126 Å². The summed E-state index contributed by atoms with van der Waals surface area (Å²) < 4.78 is 32.6. The molecule has 0 saturated heterocycles. The predicted molar refractivity (Wildman–Crippen MR) is 186 cm³/mol. The maximum atomic E-state index is 13.7. The third-order valence-electron chi connectivity index (χ3n) is 8.06. The van der Waals surface area contributed by atoms with E-state index in [0.29, 0.717) is 65.5 Å². The van der Waals surface area contributed by atoms with Crippen molar-refractivity contribution in [1.29, 1.82) is 0 Å². The Labute approximate surface area is 284 Å². The number of carbonyl (C=O) groups is 2. The second-order valence-corrected chi connectivity index (χ2v) is 11.5. The first-order chi connectivity index (χ1) is 24.0. The molecule has 0 aliphatic heterocycles. The van der Waals surface area contributed by atoms with Crippen molar-refractivity contribution in [2.45, 2.75) is 33.0 Å². The van der Waals surface area contributed by atoms with Gasteiger partial charge in [0, 0.05) is 18.2 Å². The molecule has 5 aromatic carbocycles. The fraction of sp³-hybridized carbons (Fsp3) is 0.146. The van der Waals surface area contributed by atoms with Crippen molar-refractivity contribution in [2.75, 3.05) is 6.54 Å². The van der Waals surface area contributed by atoms with E-state index in [1.54, 1.807) is 36.4 Å². The molecule has 1 heterocycles. The first kappa shape index (κ1) is 32.9. The zero-order valence-electron chi connectivity index (χ0n) is 27.0. The van der Waals surface area contributed by atoms with Gasteiger partial charge in [-0.25, -0.2) is 4.39 Å². The monoisotopic (exact) mass is 654 g/mol. The standard InChI is InChI=1S/C41H35FN2O5/c1-2-43-41(46)39-38(32-18-14-29(25-45)15-19-32)40(49-44-39)35-23-33(20-13-28-16-21-34(42)22-17-28)36(47-26-30-9-5-3-6-10-30)24-37(35)48-27-31-11-7-4-8-12-31/h3-12,14-19,21-25H,2,13,20,26-27H2,1H3,(H,43,46). The number of nitrogens with zero attached hydrogens (tertiary/aromatic N) is 1. The van der Waals surface area contributed by atoms with E-state index in [0.717, 1.165) is 28.5 Å². The average molecular weight is 655 g/mol. The fourth-order valence-corrected chi connectivity index (χ4v) is 5.50. The number of nitrogens with one attached hydrogen (secondary N) is 1. The van der Waals surface area contributed by atoms with Crippen LogP contribution in [0.1, 0.15) is 50.0 Å². The van der Waals surface area contributed by atoms with E-state index in [9.17, 15) is 14.0 Å². The topological polar surface area (TPSA) is 90.7 Å². The van der Waals surface area contributed by atoms with Crippen molar-refractivity contribution in [3.8, 4) is 33.9 Å². The Hall–Kier alpha value is -6.02. The van der Waals surface area contributed by atoms with Gasteiger partial charge in [0.1, 0.15) is 36.8 Å². The van der Waals surface area contributed by atoms with Crippen molar-refractivity contribution < 1.29 is 28.0 Å². The van der Waals surface area contributed by atoms with Crippen LogP contribution in [-0.2, 0) is 26.1 Å². The van der Waals surface area contributed by atoms with Crippen LogP contribution in [0, 0.1) is 5.82 Å². The predicted octanol–water partition coefficient (Wildman–Crippen LogP) is 8.65. The highest BCUT2D eigenvalue weighted by molar-refractivity contribution is 6.02. The zero-order chi connectivity index (χ0) is 34.0. The summed E-state index contributed by atoms with van der Waals surface area (Å²) in [5, 5.41) is 7.06. The number of ether oxygens (including phenoxy) is 2. The Morgan fingerprint density at radius 1 is 0.776 bits per heavy atom. The van der Waals surface area contributed by atoms with Crippen LogP contribution < -0.4 is 14.8 Å². The van der Waals surface area contributed by atoms with Crippen LogP contribution in [0.4, 0.5) is 4.39 Å². The van der Waals surface area contributed by atoms with E-state index in [2.05, 4.69) is 10.5 Å². The van der Waals surface area contributed by atoms with Gasteiger partial charge in [0.15, 0.2) is 11.5 Å². The number of rotatable bonds is 14. The summed E-state index contributed by atoms with van der Waals surface area (Å²) in [6.45, 7) is 2.83. The van der Waals surface area contributed by atoms with Crippen molar-refractivity contribution >= 4 is 12.2 Å². The van der Waals surface area contributed by atoms with Gasteiger partial charge in [-0.05, 0) is 65.8 Å². The number of aromatic nitrogens is 1. The van der Waals surface area contributed by atoms with Crippen molar-refractivity contribution in [3.63, 3.8) is 0 Å². The summed E-state index contributed by atoms with van der Waals surface area (Å²) in [5.41, 5.74) is 6.10. The minimum Gasteiger partial charge on any atom is -0.488 e. The Morgan fingerprint density at radius 3 is 2.02 bits per heavy atom. The molecule has 6 rings (SSSR count). The van der Waals surface area contributed by atoms with Crippen LogP contribution >= 0.6 is 0 Å². The first-order valence-electron chi connectivity index (χ1n) is 16.1. The molecule has 0 spiro atoms. The third-order valence-corrected chi connectivity index (χ3v) is 8.06. The first-order valence-corrected chi connectivity index (χ1v) is 16.1. The highest BCUT2D eigenvalue weighted by Gasteiger charge is 2.27. The molecule has 8 heteroatoms. The molecule has 6 aromatic rings. The quantitative estimate of drug-likeness (QED) is 0.118. The number of amides is 1. The molecule has 0 aliphatic carbocycles. The normalized spacial score (nSPS) is 10.8. The maximum absolute atomic E-state index is 13.7. The summed E-state index contributed by atoms with van der Waals surface area (Å²) in [4.78, 5) is 24.7. The summed E-state index contributed by atoms with van der Waals surface area (Å²) in [6.07, 6.45) is 1.94. The largest absolute Gasteiger partial charge is 0.488 e. The fourth-order valence-electron chi connectivity index (χ4n) is 5.50. The molecule has 0 atom stereocenters. The summed E-state index contributed by atoms with van der Waals surface area (Å²) >= 11 is 0. The molecule has 0 radical (unpaired) electrons. The van der Waals surface area contributed by atoms with Gasteiger partial charge in [-0.15, -0.1) is 0 Å². The minimum atomic E-state index is -0.391. The van der Waals surface area contributed by atoms with Gasteiger partial charge in [0.05, 0.1) is 11.1 Å². The van der Waals surface area contributed by atoms with Gasteiger partial charge in [0.25, 0.3) is 5.91 Å². The maximum Gasteiger partial charge on any atom is 0.274 e. The van der Waals surface area contributed by atoms with Gasteiger partial charge in [-0.2, -0.15) is 0 Å².